The second-order valence-corrected chi connectivity index (χ2v) is 6.93. The highest BCUT2D eigenvalue weighted by molar-refractivity contribution is 6.00. The predicted molar refractivity (Wildman–Crippen MR) is 118 cm³/mol. The van der Waals surface area contributed by atoms with Gasteiger partial charge in [-0.05, 0) is 31.5 Å². The van der Waals surface area contributed by atoms with Gasteiger partial charge in [0.15, 0.2) is 5.75 Å². The largest absolute Gasteiger partial charge is 0.493 e. The van der Waals surface area contributed by atoms with E-state index in [9.17, 15) is 19.7 Å². The molecule has 0 heterocycles. The molecule has 0 aromatic heterocycles. The second kappa shape index (κ2) is 10.8. The molecule has 2 aromatic carbocycles. The molecule has 0 saturated heterocycles. The molecule has 3 amide bonds. The third kappa shape index (κ3) is 5.78. The molecule has 0 spiro atoms. The average Bonchev–Trinajstić information content (AvgIpc) is 2.75. The smallest absolute Gasteiger partial charge is 0.327 e. The molecule has 3 N–H and O–H groups in total. The van der Waals surface area contributed by atoms with Crippen molar-refractivity contribution in [1.29, 1.82) is 0 Å². The molecule has 0 fully saturated rings. The van der Waals surface area contributed by atoms with Crippen LogP contribution in [0.15, 0.2) is 30.3 Å². The van der Waals surface area contributed by atoms with E-state index in [2.05, 4.69) is 16.0 Å². The predicted octanol–water partition coefficient (Wildman–Crippen LogP) is 3.08. The average molecular weight is 446 g/mol. The van der Waals surface area contributed by atoms with Crippen molar-refractivity contribution in [2.45, 2.75) is 26.4 Å². The van der Waals surface area contributed by atoms with Gasteiger partial charge in [-0.25, -0.2) is 4.79 Å². The van der Waals surface area contributed by atoms with Crippen LogP contribution in [-0.4, -0.2) is 44.2 Å². The van der Waals surface area contributed by atoms with E-state index in [0.29, 0.717) is 5.69 Å². The Hall–Kier alpha value is -4.02. The normalized spacial score (nSPS) is 10.3. The van der Waals surface area contributed by atoms with Gasteiger partial charge >= 0.3 is 11.7 Å². The van der Waals surface area contributed by atoms with Gasteiger partial charge in [0.25, 0.3) is 5.91 Å². The highest BCUT2D eigenvalue weighted by Crippen LogP contribution is 2.46. The van der Waals surface area contributed by atoms with Crippen molar-refractivity contribution < 1.29 is 28.7 Å². The van der Waals surface area contributed by atoms with Gasteiger partial charge < -0.3 is 30.2 Å². The number of nitrogens with zero attached hydrogens (tertiary/aromatic N) is 1. The van der Waals surface area contributed by atoms with E-state index < -0.39 is 16.5 Å². The Balaban J connectivity index is 2.19. The lowest BCUT2D eigenvalue weighted by Crippen LogP contribution is -2.34. The van der Waals surface area contributed by atoms with Gasteiger partial charge in [0.2, 0.25) is 11.5 Å². The maximum absolute atomic E-state index is 12.8. The Morgan fingerprint density at radius 1 is 1.03 bits per heavy atom. The number of methoxy groups -OCH3 is 3. The number of hydrogen-bond donors (Lipinski definition) is 3. The van der Waals surface area contributed by atoms with Crippen LogP contribution in [0.3, 0.4) is 0 Å². The van der Waals surface area contributed by atoms with Crippen LogP contribution in [-0.2, 0) is 6.54 Å². The number of anilines is 1. The number of carbonyl (C=O) groups is 2. The molecule has 0 atom stereocenters. The molecule has 2 rings (SSSR count). The Labute approximate surface area is 185 Å². The minimum Gasteiger partial charge on any atom is -0.493 e. The van der Waals surface area contributed by atoms with Gasteiger partial charge in [-0.15, -0.1) is 0 Å². The SMILES string of the molecule is COc1cc(C(=O)NCc2ccc(NC(=O)NC(C)C)cc2)c([N+](=O)[O-])c(OC)c1OC. The minimum atomic E-state index is -0.710. The summed E-state index contributed by atoms with van der Waals surface area (Å²) in [7, 11) is 3.90. The molecule has 11 nitrogen and oxygen atoms in total. The number of amides is 3. The lowest BCUT2D eigenvalue weighted by atomic mass is 10.1. The fraction of sp³-hybridized carbons (Fsp3) is 0.333. The van der Waals surface area contributed by atoms with Gasteiger partial charge in [-0.3, -0.25) is 14.9 Å². The topological polar surface area (TPSA) is 141 Å². The lowest BCUT2D eigenvalue weighted by Gasteiger charge is -2.15. The number of benzene rings is 2. The Bertz CT molecular complexity index is 991. The first kappa shape index (κ1) is 24.3. The van der Waals surface area contributed by atoms with Crippen molar-refractivity contribution >= 4 is 23.3 Å². The monoisotopic (exact) mass is 446 g/mol. The van der Waals surface area contributed by atoms with E-state index in [1.54, 1.807) is 24.3 Å². The van der Waals surface area contributed by atoms with Crippen LogP contribution >= 0.6 is 0 Å². The molecule has 11 heteroatoms. The summed E-state index contributed by atoms with van der Waals surface area (Å²) in [4.78, 5) is 35.5. The van der Waals surface area contributed by atoms with Crippen molar-refractivity contribution in [2.75, 3.05) is 26.6 Å². The number of nitro groups is 1. The summed E-state index contributed by atoms with van der Waals surface area (Å²) < 4.78 is 15.5. The molecule has 0 aliphatic heterocycles. The van der Waals surface area contributed by atoms with Gasteiger partial charge in [-0.2, -0.15) is 0 Å². The first-order valence-corrected chi connectivity index (χ1v) is 9.63. The first-order valence-electron chi connectivity index (χ1n) is 9.63. The van der Waals surface area contributed by atoms with Crippen molar-refractivity contribution in [2.24, 2.45) is 0 Å². The van der Waals surface area contributed by atoms with E-state index in [1.807, 2.05) is 13.8 Å². The number of ether oxygens (including phenoxy) is 3. The zero-order valence-corrected chi connectivity index (χ0v) is 18.5. The Morgan fingerprint density at radius 2 is 1.66 bits per heavy atom. The van der Waals surface area contributed by atoms with Gasteiger partial charge in [0.1, 0.15) is 5.56 Å². The number of nitrogens with one attached hydrogen (secondary N) is 3. The highest BCUT2D eigenvalue weighted by Gasteiger charge is 2.32. The number of rotatable bonds is 9. The fourth-order valence-electron chi connectivity index (χ4n) is 2.91. The van der Waals surface area contributed by atoms with Crippen LogP contribution < -0.4 is 30.2 Å². The highest BCUT2D eigenvalue weighted by atomic mass is 16.6. The van der Waals surface area contributed by atoms with Crippen molar-refractivity contribution in [3.63, 3.8) is 0 Å². The fourth-order valence-corrected chi connectivity index (χ4v) is 2.91. The maximum atomic E-state index is 12.8. The third-order valence-corrected chi connectivity index (χ3v) is 4.32. The number of urea groups is 1. The lowest BCUT2D eigenvalue weighted by molar-refractivity contribution is -0.386. The zero-order chi connectivity index (χ0) is 23.8. The van der Waals surface area contributed by atoms with Crippen LogP contribution in [0.4, 0.5) is 16.2 Å². The number of carbonyl (C=O) groups excluding carboxylic acids is 2. The second-order valence-electron chi connectivity index (χ2n) is 6.93. The molecule has 0 aliphatic rings. The van der Waals surface area contributed by atoms with Crippen LogP contribution in [0.25, 0.3) is 0 Å². The third-order valence-electron chi connectivity index (χ3n) is 4.32. The minimum absolute atomic E-state index is 0.00347. The summed E-state index contributed by atoms with van der Waals surface area (Å²) >= 11 is 0. The standard InChI is InChI=1S/C21H26N4O7/c1-12(2)23-21(27)24-14-8-6-13(7-9-14)11-22-20(26)15-10-16(30-3)18(31-4)19(32-5)17(15)25(28)29/h6-10,12H,11H2,1-5H3,(H,22,26)(H2,23,24,27). The molecule has 172 valence electrons. The number of hydrogen-bond acceptors (Lipinski definition) is 7. The van der Waals surface area contributed by atoms with Gasteiger partial charge in [-0.1, -0.05) is 12.1 Å². The van der Waals surface area contributed by atoms with Gasteiger partial charge in [0, 0.05) is 24.3 Å². The molecule has 0 unspecified atom stereocenters. The molecule has 0 aliphatic carbocycles. The Morgan fingerprint density at radius 3 is 2.16 bits per heavy atom. The van der Waals surface area contributed by atoms with Crippen LogP contribution in [0, 0.1) is 10.1 Å². The van der Waals surface area contributed by atoms with E-state index in [-0.39, 0.29) is 41.4 Å². The van der Waals surface area contributed by atoms with Crippen LogP contribution in [0.2, 0.25) is 0 Å². The summed E-state index contributed by atoms with van der Waals surface area (Å²) in [6.07, 6.45) is 0. The van der Waals surface area contributed by atoms with Crippen LogP contribution in [0.1, 0.15) is 29.8 Å². The molecular weight excluding hydrogens is 420 g/mol. The van der Waals surface area contributed by atoms with E-state index in [4.69, 9.17) is 14.2 Å². The molecule has 32 heavy (non-hydrogen) atoms. The molecular formula is C21H26N4O7. The number of nitro benzene ring substituents is 1. The molecule has 0 bridgehead atoms. The summed E-state index contributed by atoms with van der Waals surface area (Å²) in [5.41, 5.74) is 0.549. The van der Waals surface area contributed by atoms with Crippen molar-refractivity contribution in [3.8, 4) is 17.2 Å². The van der Waals surface area contributed by atoms with E-state index >= 15 is 0 Å². The summed E-state index contributed by atoms with van der Waals surface area (Å²) in [6, 6.07) is 7.71. The quantitative estimate of drug-likeness (QED) is 0.397. The summed E-state index contributed by atoms with van der Waals surface area (Å²) in [5, 5.41) is 19.7. The summed E-state index contributed by atoms with van der Waals surface area (Å²) in [6.45, 7) is 3.80. The van der Waals surface area contributed by atoms with Crippen molar-refractivity contribution in [3.05, 3.63) is 51.6 Å². The van der Waals surface area contributed by atoms with Crippen molar-refractivity contribution in [1.82, 2.24) is 10.6 Å². The van der Waals surface area contributed by atoms with E-state index in [0.717, 1.165) is 5.56 Å². The van der Waals surface area contributed by atoms with E-state index in [1.165, 1.54) is 27.4 Å². The summed E-state index contributed by atoms with van der Waals surface area (Å²) in [5.74, 6) is -0.760. The molecule has 0 radical (unpaired) electrons. The Kier molecular flexibility index (Phi) is 8.22. The van der Waals surface area contributed by atoms with Crippen LogP contribution in [0.5, 0.6) is 17.2 Å². The zero-order valence-electron chi connectivity index (χ0n) is 18.5. The molecule has 0 saturated carbocycles. The molecule has 2 aromatic rings. The first-order chi connectivity index (χ1) is 15.2. The maximum Gasteiger partial charge on any atom is 0.327 e. The van der Waals surface area contributed by atoms with Gasteiger partial charge in [0.05, 0.1) is 26.3 Å².